The molecule has 1 aromatic carbocycles. The number of carbonyl (C=O) groups excluding carboxylic acids is 1. The molecule has 2 atom stereocenters. The number of hydrogen-bond acceptors (Lipinski definition) is 5. The van der Waals surface area contributed by atoms with Crippen molar-refractivity contribution in [3.63, 3.8) is 0 Å². The van der Waals surface area contributed by atoms with Gasteiger partial charge in [0, 0.05) is 12.5 Å². The molecule has 1 aromatic rings. The van der Waals surface area contributed by atoms with Crippen LogP contribution in [0, 0.1) is 0 Å². The number of carbonyl (C=O) groups is 1. The minimum Gasteiger partial charge on any atom is -0.493 e. The smallest absolute Gasteiger partial charge is 0.347 e. The van der Waals surface area contributed by atoms with Gasteiger partial charge >= 0.3 is 5.97 Å². The van der Waals surface area contributed by atoms with Gasteiger partial charge in [0.2, 0.25) is 0 Å². The molecule has 21 heavy (non-hydrogen) atoms. The van der Waals surface area contributed by atoms with E-state index in [9.17, 15) is 4.79 Å². The Kier molecular flexibility index (Phi) is 5.44. The lowest BCUT2D eigenvalue weighted by atomic mass is 10.1. The Morgan fingerprint density at radius 1 is 1.43 bits per heavy atom. The molecular weight excluding hydrogens is 270 g/mol. The first kappa shape index (κ1) is 15.6. The van der Waals surface area contributed by atoms with E-state index in [1.807, 2.05) is 18.2 Å². The van der Waals surface area contributed by atoms with E-state index in [2.05, 4.69) is 19.2 Å². The molecular formula is C16H23NO4. The highest BCUT2D eigenvalue weighted by Gasteiger charge is 2.29. The molecule has 116 valence electrons. The van der Waals surface area contributed by atoms with E-state index in [-0.39, 0.29) is 12.0 Å². The standard InChI is InChI=1S/C16H23NO4/c1-4-8-17-11(2)12-5-6-13(15(10-12)19-3)21-14-7-9-20-16(14)18/h5-6,10-11,14,17H,4,7-9H2,1-3H3. The average Bonchev–Trinajstić information content (AvgIpc) is 2.90. The Morgan fingerprint density at radius 2 is 2.24 bits per heavy atom. The summed E-state index contributed by atoms with van der Waals surface area (Å²) in [6.45, 7) is 5.63. The van der Waals surface area contributed by atoms with Crippen LogP contribution in [-0.4, -0.2) is 32.3 Å². The molecule has 5 heteroatoms. The highest BCUT2D eigenvalue weighted by atomic mass is 16.6. The summed E-state index contributed by atoms with van der Waals surface area (Å²) in [5.41, 5.74) is 1.13. The number of ether oxygens (including phenoxy) is 3. The minimum absolute atomic E-state index is 0.240. The molecule has 0 radical (unpaired) electrons. The van der Waals surface area contributed by atoms with Gasteiger partial charge in [-0.15, -0.1) is 0 Å². The van der Waals surface area contributed by atoms with Gasteiger partial charge in [-0.25, -0.2) is 4.79 Å². The highest BCUT2D eigenvalue weighted by Crippen LogP contribution is 2.32. The number of methoxy groups -OCH3 is 1. The molecule has 1 heterocycles. The molecule has 1 aliphatic rings. The second kappa shape index (κ2) is 7.31. The van der Waals surface area contributed by atoms with Crippen molar-refractivity contribution in [2.75, 3.05) is 20.3 Å². The van der Waals surface area contributed by atoms with Gasteiger partial charge < -0.3 is 19.5 Å². The van der Waals surface area contributed by atoms with Crippen LogP contribution in [-0.2, 0) is 9.53 Å². The Hall–Kier alpha value is -1.75. The second-order valence-electron chi connectivity index (χ2n) is 5.15. The molecule has 5 nitrogen and oxygen atoms in total. The third-order valence-electron chi connectivity index (χ3n) is 3.54. The molecule has 1 aliphatic heterocycles. The zero-order valence-electron chi connectivity index (χ0n) is 12.8. The normalized spacial score (nSPS) is 19.2. The first-order valence-electron chi connectivity index (χ1n) is 7.40. The SMILES string of the molecule is CCCNC(C)c1ccc(OC2CCOC2=O)c(OC)c1. The van der Waals surface area contributed by atoms with Crippen LogP contribution < -0.4 is 14.8 Å². The van der Waals surface area contributed by atoms with E-state index in [0.29, 0.717) is 24.5 Å². The first-order chi connectivity index (χ1) is 10.2. The summed E-state index contributed by atoms with van der Waals surface area (Å²) >= 11 is 0. The summed E-state index contributed by atoms with van der Waals surface area (Å²) in [7, 11) is 1.60. The highest BCUT2D eigenvalue weighted by molar-refractivity contribution is 5.77. The fourth-order valence-corrected chi connectivity index (χ4v) is 2.27. The number of hydrogen-bond donors (Lipinski definition) is 1. The van der Waals surface area contributed by atoms with Crippen molar-refractivity contribution in [3.8, 4) is 11.5 Å². The van der Waals surface area contributed by atoms with Crippen molar-refractivity contribution in [1.29, 1.82) is 0 Å². The summed E-state index contributed by atoms with van der Waals surface area (Å²) < 4.78 is 16.0. The zero-order chi connectivity index (χ0) is 15.2. The maximum atomic E-state index is 11.5. The van der Waals surface area contributed by atoms with E-state index < -0.39 is 6.10 Å². The van der Waals surface area contributed by atoms with Crippen molar-refractivity contribution in [3.05, 3.63) is 23.8 Å². The lowest BCUT2D eigenvalue weighted by Gasteiger charge is -2.18. The van der Waals surface area contributed by atoms with Crippen LogP contribution in [0.3, 0.4) is 0 Å². The molecule has 0 aromatic heterocycles. The van der Waals surface area contributed by atoms with Gasteiger partial charge in [-0.05, 0) is 37.6 Å². The summed E-state index contributed by atoms with van der Waals surface area (Å²) in [5.74, 6) is 0.907. The maximum absolute atomic E-state index is 11.5. The number of cyclic esters (lactones) is 1. The minimum atomic E-state index is -0.527. The van der Waals surface area contributed by atoms with Crippen LogP contribution >= 0.6 is 0 Å². The summed E-state index contributed by atoms with van der Waals surface area (Å²) in [6, 6.07) is 6.03. The van der Waals surface area contributed by atoms with Crippen molar-refractivity contribution >= 4 is 5.97 Å². The van der Waals surface area contributed by atoms with Crippen LogP contribution in [0.2, 0.25) is 0 Å². The Balaban J connectivity index is 2.10. The summed E-state index contributed by atoms with van der Waals surface area (Å²) in [5, 5.41) is 3.43. The molecule has 0 bridgehead atoms. The van der Waals surface area contributed by atoms with E-state index >= 15 is 0 Å². The lowest BCUT2D eigenvalue weighted by molar-refractivity contribution is -0.143. The van der Waals surface area contributed by atoms with E-state index in [4.69, 9.17) is 14.2 Å². The fourth-order valence-electron chi connectivity index (χ4n) is 2.27. The van der Waals surface area contributed by atoms with Crippen molar-refractivity contribution in [2.24, 2.45) is 0 Å². The Bertz CT molecular complexity index is 489. The molecule has 0 spiro atoms. The predicted molar refractivity (Wildman–Crippen MR) is 79.7 cm³/mol. The second-order valence-corrected chi connectivity index (χ2v) is 5.15. The van der Waals surface area contributed by atoms with Gasteiger partial charge in [-0.2, -0.15) is 0 Å². The van der Waals surface area contributed by atoms with Gasteiger partial charge in [0.15, 0.2) is 17.6 Å². The predicted octanol–water partition coefficient (Wildman–Crippen LogP) is 2.45. The average molecular weight is 293 g/mol. The largest absolute Gasteiger partial charge is 0.493 e. The van der Waals surface area contributed by atoms with Crippen LogP contribution in [0.4, 0.5) is 0 Å². The first-order valence-corrected chi connectivity index (χ1v) is 7.40. The van der Waals surface area contributed by atoms with Crippen molar-refractivity contribution in [2.45, 2.75) is 38.8 Å². The van der Waals surface area contributed by atoms with E-state index in [1.165, 1.54) is 0 Å². The van der Waals surface area contributed by atoms with Gasteiger partial charge in [0.25, 0.3) is 0 Å². The maximum Gasteiger partial charge on any atom is 0.347 e. The molecule has 1 fully saturated rings. The molecule has 1 N–H and O–H groups in total. The van der Waals surface area contributed by atoms with Gasteiger partial charge in [-0.3, -0.25) is 0 Å². The lowest BCUT2D eigenvalue weighted by Crippen LogP contribution is -2.22. The third-order valence-corrected chi connectivity index (χ3v) is 3.54. The number of rotatable bonds is 7. The summed E-state index contributed by atoms with van der Waals surface area (Å²) in [4.78, 5) is 11.5. The molecule has 2 unspecified atom stereocenters. The van der Waals surface area contributed by atoms with Gasteiger partial charge in [-0.1, -0.05) is 13.0 Å². The topological polar surface area (TPSA) is 56.8 Å². The molecule has 2 rings (SSSR count). The number of benzene rings is 1. The van der Waals surface area contributed by atoms with Crippen LogP contribution in [0.15, 0.2) is 18.2 Å². The van der Waals surface area contributed by atoms with Crippen molar-refractivity contribution in [1.82, 2.24) is 5.32 Å². The molecule has 0 aliphatic carbocycles. The van der Waals surface area contributed by atoms with Crippen LogP contribution in [0.25, 0.3) is 0 Å². The van der Waals surface area contributed by atoms with Crippen LogP contribution in [0.5, 0.6) is 11.5 Å². The van der Waals surface area contributed by atoms with E-state index in [0.717, 1.165) is 18.5 Å². The van der Waals surface area contributed by atoms with Gasteiger partial charge in [0.05, 0.1) is 13.7 Å². The fraction of sp³-hybridized carbons (Fsp3) is 0.562. The zero-order valence-corrected chi connectivity index (χ0v) is 12.8. The number of esters is 1. The Labute approximate surface area is 125 Å². The van der Waals surface area contributed by atoms with E-state index in [1.54, 1.807) is 7.11 Å². The van der Waals surface area contributed by atoms with Crippen molar-refractivity contribution < 1.29 is 19.0 Å². The Morgan fingerprint density at radius 3 is 2.86 bits per heavy atom. The molecule has 0 amide bonds. The summed E-state index contributed by atoms with van der Waals surface area (Å²) in [6.07, 6.45) is 1.14. The number of nitrogens with one attached hydrogen (secondary N) is 1. The third kappa shape index (κ3) is 3.88. The van der Waals surface area contributed by atoms with Crippen LogP contribution in [0.1, 0.15) is 38.3 Å². The molecule has 0 saturated carbocycles. The molecule has 1 saturated heterocycles. The monoisotopic (exact) mass is 293 g/mol. The van der Waals surface area contributed by atoms with Gasteiger partial charge in [0.1, 0.15) is 0 Å². The quantitative estimate of drug-likeness (QED) is 0.783.